The molecule has 0 saturated carbocycles. The summed E-state index contributed by atoms with van der Waals surface area (Å²) < 4.78 is 0. The Morgan fingerprint density at radius 3 is 2.61 bits per heavy atom. The number of amides is 2. The van der Waals surface area contributed by atoms with E-state index in [4.69, 9.17) is 0 Å². The molecule has 1 fully saturated rings. The van der Waals surface area contributed by atoms with E-state index in [9.17, 15) is 4.79 Å². The topological polar surface area (TPSA) is 32.3 Å². The van der Waals surface area contributed by atoms with Gasteiger partial charge in [-0.25, -0.2) is 4.79 Å². The van der Waals surface area contributed by atoms with Crippen molar-refractivity contribution in [2.75, 3.05) is 11.9 Å². The summed E-state index contributed by atoms with van der Waals surface area (Å²) in [6, 6.07) is 18.6. The molecule has 2 amide bonds. The Kier molecular flexibility index (Phi) is 4.96. The van der Waals surface area contributed by atoms with E-state index in [2.05, 4.69) is 30.4 Å². The van der Waals surface area contributed by atoms with E-state index in [-0.39, 0.29) is 6.03 Å². The van der Waals surface area contributed by atoms with Gasteiger partial charge in [0.1, 0.15) is 0 Å². The molecular formula is C20H24N2O. The van der Waals surface area contributed by atoms with Crippen molar-refractivity contribution in [3.63, 3.8) is 0 Å². The number of nitrogens with zero attached hydrogens (tertiary/aromatic N) is 1. The third-order valence-electron chi connectivity index (χ3n) is 4.61. The molecule has 2 aromatic rings. The Hall–Kier alpha value is -2.29. The minimum atomic E-state index is 0.0277. The lowest BCUT2D eigenvalue weighted by atomic mass is 10.0. The number of likely N-dealkylation sites (tertiary alicyclic amines) is 1. The largest absolute Gasteiger partial charge is 0.322 e. The van der Waals surface area contributed by atoms with Crippen LogP contribution in [0.5, 0.6) is 0 Å². The lowest BCUT2D eigenvalue weighted by Crippen LogP contribution is -2.45. The SMILES string of the molecule is CCC1CCCCN1C(=O)Nc1ccccc1-c1ccccc1. The first-order valence-corrected chi connectivity index (χ1v) is 8.51. The summed E-state index contributed by atoms with van der Waals surface area (Å²) in [5.74, 6) is 0. The predicted molar refractivity (Wildman–Crippen MR) is 95.5 cm³/mol. The third-order valence-corrected chi connectivity index (χ3v) is 4.61. The molecule has 0 aliphatic carbocycles. The number of para-hydroxylation sites is 1. The number of piperidine rings is 1. The van der Waals surface area contributed by atoms with Crippen molar-refractivity contribution in [1.82, 2.24) is 4.90 Å². The van der Waals surface area contributed by atoms with Gasteiger partial charge in [-0.05, 0) is 37.3 Å². The summed E-state index contributed by atoms with van der Waals surface area (Å²) in [4.78, 5) is 14.7. The number of benzene rings is 2. The van der Waals surface area contributed by atoms with Crippen LogP contribution in [0.2, 0.25) is 0 Å². The average molecular weight is 308 g/mol. The highest BCUT2D eigenvalue weighted by atomic mass is 16.2. The van der Waals surface area contributed by atoms with Gasteiger partial charge >= 0.3 is 6.03 Å². The molecule has 1 aliphatic rings. The second kappa shape index (κ2) is 7.32. The number of carbonyl (C=O) groups excluding carboxylic acids is 1. The van der Waals surface area contributed by atoms with Gasteiger partial charge in [0.2, 0.25) is 0 Å². The summed E-state index contributed by atoms with van der Waals surface area (Å²) in [6.45, 7) is 3.02. The van der Waals surface area contributed by atoms with Gasteiger partial charge in [0.25, 0.3) is 0 Å². The van der Waals surface area contributed by atoms with E-state index in [1.165, 1.54) is 6.42 Å². The molecule has 1 heterocycles. The van der Waals surface area contributed by atoms with Crippen molar-refractivity contribution < 1.29 is 4.79 Å². The van der Waals surface area contributed by atoms with Gasteiger partial charge in [-0.1, -0.05) is 55.5 Å². The third kappa shape index (κ3) is 3.55. The fourth-order valence-corrected chi connectivity index (χ4v) is 3.34. The van der Waals surface area contributed by atoms with E-state index < -0.39 is 0 Å². The quantitative estimate of drug-likeness (QED) is 0.835. The summed E-state index contributed by atoms with van der Waals surface area (Å²) >= 11 is 0. The molecule has 0 radical (unpaired) electrons. The molecule has 1 saturated heterocycles. The van der Waals surface area contributed by atoms with Crippen LogP contribution in [0.3, 0.4) is 0 Å². The lowest BCUT2D eigenvalue weighted by molar-refractivity contribution is 0.160. The molecule has 0 aromatic heterocycles. The molecule has 3 rings (SSSR count). The van der Waals surface area contributed by atoms with Crippen molar-refractivity contribution in [3.05, 3.63) is 54.6 Å². The van der Waals surface area contributed by atoms with Gasteiger partial charge in [-0.2, -0.15) is 0 Å². The molecule has 23 heavy (non-hydrogen) atoms. The highest BCUT2D eigenvalue weighted by Gasteiger charge is 2.25. The summed E-state index contributed by atoms with van der Waals surface area (Å²) in [5, 5.41) is 3.13. The first-order chi connectivity index (χ1) is 11.3. The van der Waals surface area contributed by atoms with Crippen molar-refractivity contribution in [1.29, 1.82) is 0 Å². The van der Waals surface area contributed by atoms with Crippen LogP contribution in [0, 0.1) is 0 Å². The van der Waals surface area contributed by atoms with E-state index in [0.717, 1.165) is 42.6 Å². The number of anilines is 1. The van der Waals surface area contributed by atoms with Crippen LogP contribution in [0.25, 0.3) is 11.1 Å². The van der Waals surface area contributed by atoms with Gasteiger partial charge in [-0.3, -0.25) is 0 Å². The summed E-state index contributed by atoms with van der Waals surface area (Å²) in [5.41, 5.74) is 3.06. The Balaban J connectivity index is 1.81. The first-order valence-electron chi connectivity index (χ1n) is 8.51. The number of rotatable bonds is 3. The van der Waals surface area contributed by atoms with E-state index in [0.29, 0.717) is 6.04 Å². The fraction of sp³-hybridized carbons (Fsp3) is 0.350. The highest BCUT2D eigenvalue weighted by Crippen LogP contribution is 2.28. The van der Waals surface area contributed by atoms with Crippen LogP contribution in [0.1, 0.15) is 32.6 Å². The van der Waals surface area contributed by atoms with Crippen molar-refractivity contribution in [2.24, 2.45) is 0 Å². The number of hydrogen-bond acceptors (Lipinski definition) is 1. The summed E-state index contributed by atoms with van der Waals surface area (Å²) in [7, 11) is 0. The summed E-state index contributed by atoms with van der Waals surface area (Å²) in [6.07, 6.45) is 4.46. The van der Waals surface area contributed by atoms with Crippen LogP contribution in [0.4, 0.5) is 10.5 Å². The molecule has 120 valence electrons. The normalized spacial score (nSPS) is 17.8. The monoisotopic (exact) mass is 308 g/mol. The van der Waals surface area contributed by atoms with Gasteiger partial charge < -0.3 is 10.2 Å². The van der Waals surface area contributed by atoms with Gasteiger partial charge in [-0.15, -0.1) is 0 Å². The second-order valence-corrected chi connectivity index (χ2v) is 6.09. The second-order valence-electron chi connectivity index (χ2n) is 6.09. The van der Waals surface area contributed by atoms with Crippen LogP contribution >= 0.6 is 0 Å². The molecule has 0 spiro atoms. The number of carbonyl (C=O) groups is 1. The maximum atomic E-state index is 12.7. The Labute approximate surface area is 138 Å². The lowest BCUT2D eigenvalue weighted by Gasteiger charge is -2.35. The van der Waals surface area contributed by atoms with Crippen molar-refractivity contribution in [2.45, 2.75) is 38.6 Å². The zero-order valence-corrected chi connectivity index (χ0v) is 13.7. The van der Waals surface area contributed by atoms with Gasteiger partial charge in [0, 0.05) is 18.2 Å². The Morgan fingerprint density at radius 1 is 1.09 bits per heavy atom. The van der Waals surface area contributed by atoms with Crippen LogP contribution in [-0.4, -0.2) is 23.5 Å². The highest BCUT2D eigenvalue weighted by molar-refractivity contribution is 5.94. The van der Waals surface area contributed by atoms with E-state index >= 15 is 0 Å². The minimum Gasteiger partial charge on any atom is -0.322 e. The predicted octanol–water partition coefficient (Wildman–Crippen LogP) is 5.15. The molecule has 3 nitrogen and oxygen atoms in total. The maximum Gasteiger partial charge on any atom is 0.322 e. The maximum absolute atomic E-state index is 12.7. The number of hydrogen-bond donors (Lipinski definition) is 1. The van der Waals surface area contributed by atoms with Crippen LogP contribution in [-0.2, 0) is 0 Å². The van der Waals surface area contributed by atoms with E-state index in [1.54, 1.807) is 0 Å². The molecule has 1 atom stereocenters. The molecule has 1 N–H and O–H groups in total. The van der Waals surface area contributed by atoms with Crippen molar-refractivity contribution in [3.8, 4) is 11.1 Å². The molecule has 1 aliphatic heterocycles. The first kappa shape index (κ1) is 15.6. The number of urea groups is 1. The molecule has 0 bridgehead atoms. The van der Waals surface area contributed by atoms with Crippen LogP contribution in [0.15, 0.2) is 54.6 Å². The zero-order chi connectivity index (χ0) is 16.1. The minimum absolute atomic E-state index is 0.0277. The Morgan fingerprint density at radius 2 is 1.83 bits per heavy atom. The fourth-order valence-electron chi connectivity index (χ4n) is 3.34. The molecule has 2 aromatic carbocycles. The average Bonchev–Trinajstić information content (AvgIpc) is 2.63. The van der Waals surface area contributed by atoms with Gasteiger partial charge in [0.15, 0.2) is 0 Å². The smallest absolute Gasteiger partial charge is 0.322 e. The Bertz CT molecular complexity index is 654. The van der Waals surface area contributed by atoms with Crippen LogP contribution < -0.4 is 5.32 Å². The van der Waals surface area contributed by atoms with E-state index in [1.807, 2.05) is 41.3 Å². The number of nitrogens with one attached hydrogen (secondary N) is 1. The van der Waals surface area contributed by atoms with Crippen molar-refractivity contribution >= 4 is 11.7 Å². The van der Waals surface area contributed by atoms with Gasteiger partial charge in [0.05, 0.1) is 5.69 Å². The molecule has 1 unspecified atom stereocenters. The standard InChI is InChI=1S/C20H24N2O/c1-2-17-12-8-9-15-22(17)20(23)21-19-14-7-6-13-18(19)16-10-4-3-5-11-16/h3-7,10-11,13-14,17H,2,8-9,12,15H2,1H3,(H,21,23). The zero-order valence-electron chi connectivity index (χ0n) is 13.7. The molecular weight excluding hydrogens is 284 g/mol. The molecule has 3 heteroatoms.